The number of ether oxygens (including phenoxy) is 1. The van der Waals surface area contributed by atoms with Crippen molar-refractivity contribution >= 4 is 46.1 Å². The van der Waals surface area contributed by atoms with Gasteiger partial charge in [0.05, 0.1) is 28.9 Å². The Morgan fingerprint density at radius 3 is 2.69 bits per heavy atom. The van der Waals surface area contributed by atoms with E-state index in [1.165, 1.54) is 35.7 Å². The number of thiophene rings is 1. The number of carbonyl (C=O) groups is 2. The highest BCUT2D eigenvalue weighted by molar-refractivity contribution is 7.13. The van der Waals surface area contributed by atoms with Crippen LogP contribution < -0.4 is 15.0 Å². The summed E-state index contributed by atoms with van der Waals surface area (Å²) in [5.74, 6) is -1.08. The molecule has 0 spiro atoms. The molecular formula is C27H20ClFN2O3S. The fraction of sp³-hybridized carbons (Fsp3) is 0.111. The molecule has 0 radical (unpaired) electrons. The van der Waals surface area contributed by atoms with Gasteiger partial charge in [0.1, 0.15) is 11.6 Å². The van der Waals surface area contributed by atoms with Crippen molar-refractivity contribution in [2.45, 2.75) is 6.42 Å². The van der Waals surface area contributed by atoms with Crippen LogP contribution in [0.3, 0.4) is 0 Å². The molecule has 0 bridgehead atoms. The Morgan fingerprint density at radius 1 is 1.06 bits per heavy atom. The first kappa shape index (κ1) is 23.1. The van der Waals surface area contributed by atoms with Gasteiger partial charge < -0.3 is 15.0 Å². The molecule has 2 heterocycles. The molecule has 1 N–H and O–H groups in total. The Hall–Kier alpha value is -3.68. The SMILES string of the molecule is COc1ccc(F)cc1C(=O)Nc1ccc(C(=O)N2CCc3ccsc3-c3ccccc32)c(Cl)c1. The third-order valence-corrected chi connectivity index (χ3v) is 7.20. The normalized spacial score (nSPS) is 12.4. The maximum Gasteiger partial charge on any atom is 0.259 e. The standard InChI is InChI=1S/C27H20ClFN2O3S/c1-34-24-9-6-17(29)14-21(24)26(32)30-18-7-8-19(22(28)15-18)27(33)31-12-10-16-11-13-35-25(16)20-4-2-3-5-23(20)31/h2-9,11,13-15H,10,12H2,1H3,(H,30,32). The monoisotopic (exact) mass is 506 g/mol. The lowest BCUT2D eigenvalue weighted by molar-refractivity contribution is 0.0986. The van der Waals surface area contributed by atoms with Crippen molar-refractivity contribution in [2.75, 3.05) is 23.9 Å². The minimum atomic E-state index is -0.554. The molecule has 5 nitrogen and oxygen atoms in total. The maximum absolute atomic E-state index is 13.7. The average molecular weight is 507 g/mol. The highest BCUT2D eigenvalue weighted by Gasteiger charge is 2.27. The number of hydrogen-bond acceptors (Lipinski definition) is 4. The van der Waals surface area contributed by atoms with Crippen molar-refractivity contribution in [2.24, 2.45) is 0 Å². The molecule has 0 saturated heterocycles. The molecule has 0 aliphatic carbocycles. The van der Waals surface area contributed by atoms with Crippen molar-refractivity contribution in [3.05, 3.63) is 99.6 Å². The topological polar surface area (TPSA) is 58.6 Å². The molecule has 176 valence electrons. The fourth-order valence-corrected chi connectivity index (χ4v) is 5.45. The number of methoxy groups -OCH3 is 1. The van der Waals surface area contributed by atoms with Gasteiger partial charge in [0.15, 0.2) is 0 Å². The van der Waals surface area contributed by atoms with E-state index in [0.717, 1.165) is 23.7 Å². The van der Waals surface area contributed by atoms with Crippen molar-refractivity contribution in [1.82, 2.24) is 0 Å². The summed E-state index contributed by atoms with van der Waals surface area (Å²) in [5, 5.41) is 4.96. The van der Waals surface area contributed by atoms with Crippen molar-refractivity contribution in [3.63, 3.8) is 0 Å². The predicted octanol–water partition coefficient (Wildman–Crippen LogP) is 6.67. The van der Waals surface area contributed by atoms with E-state index in [2.05, 4.69) is 16.8 Å². The second-order valence-electron chi connectivity index (χ2n) is 7.99. The number of halogens is 2. The summed E-state index contributed by atoms with van der Waals surface area (Å²) in [6.45, 7) is 0.522. The molecule has 0 unspecified atom stereocenters. The molecule has 1 aromatic heterocycles. The van der Waals surface area contributed by atoms with Gasteiger partial charge in [0, 0.05) is 22.7 Å². The summed E-state index contributed by atoms with van der Waals surface area (Å²) >= 11 is 8.18. The number of fused-ring (bicyclic) bond motifs is 3. The Morgan fingerprint density at radius 2 is 1.89 bits per heavy atom. The molecule has 0 fully saturated rings. The van der Waals surface area contributed by atoms with Crippen molar-refractivity contribution in [1.29, 1.82) is 0 Å². The van der Waals surface area contributed by atoms with E-state index < -0.39 is 11.7 Å². The third kappa shape index (κ3) is 4.40. The maximum atomic E-state index is 13.7. The second-order valence-corrected chi connectivity index (χ2v) is 9.32. The van der Waals surface area contributed by atoms with E-state index in [1.807, 2.05) is 24.3 Å². The number of anilines is 2. The van der Waals surface area contributed by atoms with Crippen LogP contribution in [0.15, 0.2) is 72.1 Å². The first-order chi connectivity index (χ1) is 17.0. The summed E-state index contributed by atoms with van der Waals surface area (Å²) < 4.78 is 18.8. The molecule has 2 amide bonds. The predicted molar refractivity (Wildman–Crippen MR) is 137 cm³/mol. The summed E-state index contributed by atoms with van der Waals surface area (Å²) in [5.41, 5.74) is 3.83. The number of carbonyl (C=O) groups excluding carboxylic acids is 2. The Bertz CT molecular complexity index is 1450. The lowest BCUT2D eigenvalue weighted by atomic mass is 10.1. The molecule has 1 aliphatic heterocycles. The smallest absolute Gasteiger partial charge is 0.259 e. The van der Waals surface area contributed by atoms with Crippen LogP contribution in [-0.4, -0.2) is 25.5 Å². The van der Waals surface area contributed by atoms with Crippen LogP contribution in [0.25, 0.3) is 10.4 Å². The lowest BCUT2D eigenvalue weighted by Crippen LogP contribution is -2.32. The number of nitrogens with one attached hydrogen (secondary N) is 1. The minimum absolute atomic E-state index is 0.0532. The molecule has 5 rings (SSSR count). The minimum Gasteiger partial charge on any atom is -0.496 e. The van der Waals surface area contributed by atoms with Gasteiger partial charge in [-0.15, -0.1) is 11.3 Å². The molecule has 8 heteroatoms. The summed E-state index contributed by atoms with van der Waals surface area (Å²) in [6, 6.07) is 18.4. The van der Waals surface area contributed by atoms with Crippen LogP contribution >= 0.6 is 22.9 Å². The van der Waals surface area contributed by atoms with Crippen LogP contribution in [0.1, 0.15) is 26.3 Å². The zero-order valence-electron chi connectivity index (χ0n) is 18.7. The van der Waals surface area contributed by atoms with Gasteiger partial charge in [-0.2, -0.15) is 0 Å². The quantitative estimate of drug-likeness (QED) is 0.336. The molecule has 0 atom stereocenters. The van der Waals surface area contributed by atoms with E-state index in [9.17, 15) is 14.0 Å². The van der Waals surface area contributed by atoms with Gasteiger partial charge in [0.25, 0.3) is 11.8 Å². The second kappa shape index (κ2) is 9.52. The van der Waals surface area contributed by atoms with E-state index >= 15 is 0 Å². The van der Waals surface area contributed by atoms with Crippen LogP contribution in [-0.2, 0) is 6.42 Å². The first-order valence-corrected chi connectivity index (χ1v) is 12.1. The number of benzene rings is 3. The summed E-state index contributed by atoms with van der Waals surface area (Å²) in [7, 11) is 1.40. The van der Waals surface area contributed by atoms with Crippen LogP contribution in [0.2, 0.25) is 5.02 Å². The number of hydrogen-bond donors (Lipinski definition) is 1. The van der Waals surface area contributed by atoms with E-state index in [0.29, 0.717) is 17.8 Å². The number of rotatable bonds is 4. The van der Waals surface area contributed by atoms with Crippen LogP contribution in [0.4, 0.5) is 15.8 Å². The highest BCUT2D eigenvalue weighted by atomic mass is 35.5. The first-order valence-electron chi connectivity index (χ1n) is 10.9. The van der Waals surface area contributed by atoms with E-state index in [4.69, 9.17) is 16.3 Å². The Labute approximate surface area is 210 Å². The van der Waals surface area contributed by atoms with Gasteiger partial charge >= 0.3 is 0 Å². The molecule has 1 aliphatic rings. The average Bonchev–Trinajstić information content (AvgIpc) is 3.27. The number of amides is 2. The number of para-hydroxylation sites is 1. The number of nitrogens with zero attached hydrogens (tertiary/aromatic N) is 1. The van der Waals surface area contributed by atoms with E-state index in [1.54, 1.807) is 28.4 Å². The zero-order chi connectivity index (χ0) is 24.5. The fourth-order valence-electron chi connectivity index (χ4n) is 4.20. The van der Waals surface area contributed by atoms with Crippen molar-refractivity contribution < 1.29 is 18.7 Å². The largest absolute Gasteiger partial charge is 0.496 e. The van der Waals surface area contributed by atoms with Gasteiger partial charge in [-0.1, -0.05) is 29.8 Å². The summed E-state index contributed by atoms with van der Waals surface area (Å²) in [4.78, 5) is 29.2. The third-order valence-electron chi connectivity index (χ3n) is 5.90. The van der Waals surface area contributed by atoms with Crippen molar-refractivity contribution in [3.8, 4) is 16.2 Å². The van der Waals surface area contributed by atoms with Crippen LogP contribution in [0.5, 0.6) is 5.75 Å². The molecule has 35 heavy (non-hydrogen) atoms. The zero-order valence-corrected chi connectivity index (χ0v) is 20.3. The Balaban J connectivity index is 1.41. The molecule has 4 aromatic rings. The van der Waals surface area contributed by atoms with Gasteiger partial charge in [-0.3, -0.25) is 9.59 Å². The van der Waals surface area contributed by atoms with Gasteiger partial charge in [-0.25, -0.2) is 4.39 Å². The highest BCUT2D eigenvalue weighted by Crippen LogP contribution is 2.40. The van der Waals surface area contributed by atoms with Crippen LogP contribution in [0, 0.1) is 5.82 Å². The van der Waals surface area contributed by atoms with Gasteiger partial charge in [0.2, 0.25) is 0 Å². The van der Waals surface area contributed by atoms with E-state index in [-0.39, 0.29) is 22.2 Å². The summed E-state index contributed by atoms with van der Waals surface area (Å²) in [6.07, 6.45) is 0.737. The Kier molecular flexibility index (Phi) is 6.28. The van der Waals surface area contributed by atoms with Gasteiger partial charge in [-0.05, 0) is 65.9 Å². The molecule has 3 aromatic carbocycles. The lowest BCUT2D eigenvalue weighted by Gasteiger charge is -2.23. The molecule has 0 saturated carbocycles. The molecular weight excluding hydrogens is 487 g/mol.